The minimum Gasteiger partial charge on any atom is -0.338 e. The van der Waals surface area contributed by atoms with Crippen molar-refractivity contribution >= 4 is 34.5 Å². The lowest BCUT2D eigenvalue weighted by Crippen LogP contribution is -2.57. The van der Waals surface area contributed by atoms with E-state index in [1.165, 1.54) is 11.3 Å². The van der Waals surface area contributed by atoms with Crippen LogP contribution in [0, 0.1) is 6.92 Å². The zero-order chi connectivity index (χ0) is 19.5. The lowest BCUT2D eigenvalue weighted by molar-refractivity contribution is -0.139. The lowest BCUT2D eigenvalue weighted by Gasteiger charge is -2.40. The molecule has 2 amide bonds. The summed E-state index contributed by atoms with van der Waals surface area (Å²) in [5, 5.41) is 5.12. The molecular formula is C20H26N4O2S2. The predicted octanol–water partition coefficient (Wildman–Crippen LogP) is 2.85. The van der Waals surface area contributed by atoms with E-state index in [9.17, 15) is 9.59 Å². The molecule has 0 bridgehead atoms. The van der Waals surface area contributed by atoms with E-state index < -0.39 is 0 Å². The van der Waals surface area contributed by atoms with Gasteiger partial charge in [-0.25, -0.2) is 4.98 Å². The molecule has 0 saturated carbocycles. The second-order valence-electron chi connectivity index (χ2n) is 7.45. The topological polar surface area (TPSA) is 56.8 Å². The van der Waals surface area contributed by atoms with Gasteiger partial charge >= 0.3 is 0 Å². The molecule has 150 valence electrons. The van der Waals surface area contributed by atoms with Crippen LogP contribution < -0.4 is 0 Å². The van der Waals surface area contributed by atoms with Gasteiger partial charge in [0.1, 0.15) is 6.04 Å². The summed E-state index contributed by atoms with van der Waals surface area (Å²) >= 11 is 3.13. The zero-order valence-corrected chi connectivity index (χ0v) is 17.8. The van der Waals surface area contributed by atoms with Crippen LogP contribution in [0.2, 0.25) is 0 Å². The molecule has 0 N–H and O–H groups in total. The van der Waals surface area contributed by atoms with Crippen molar-refractivity contribution in [1.29, 1.82) is 0 Å². The molecule has 2 fully saturated rings. The maximum Gasteiger partial charge on any atom is 0.264 e. The van der Waals surface area contributed by atoms with Crippen LogP contribution in [0.15, 0.2) is 22.9 Å². The molecule has 1 unspecified atom stereocenters. The fourth-order valence-corrected chi connectivity index (χ4v) is 5.30. The number of likely N-dealkylation sites (tertiary alicyclic amines) is 1. The molecule has 0 radical (unpaired) electrons. The van der Waals surface area contributed by atoms with Crippen LogP contribution in [0.25, 0.3) is 0 Å². The largest absolute Gasteiger partial charge is 0.338 e. The predicted molar refractivity (Wildman–Crippen MR) is 112 cm³/mol. The van der Waals surface area contributed by atoms with Crippen molar-refractivity contribution in [2.45, 2.75) is 38.8 Å². The number of hydrogen-bond donors (Lipinski definition) is 0. The standard InChI is InChI=1S/C20H26N4O2S2/c1-15-21-16(14-28-15)13-22-8-10-23(11-9-22)19(25)17-5-2-3-7-24(17)20(26)18-6-4-12-27-18/h4,6,12,14,17H,2-3,5,7-11,13H2,1H3. The molecule has 8 heteroatoms. The molecule has 2 aromatic heterocycles. The zero-order valence-electron chi connectivity index (χ0n) is 16.2. The van der Waals surface area contributed by atoms with E-state index >= 15 is 0 Å². The van der Waals surface area contributed by atoms with Gasteiger partial charge in [0.05, 0.1) is 15.6 Å². The van der Waals surface area contributed by atoms with E-state index in [1.54, 1.807) is 11.3 Å². The summed E-state index contributed by atoms with van der Waals surface area (Å²) in [7, 11) is 0. The maximum absolute atomic E-state index is 13.2. The van der Waals surface area contributed by atoms with Gasteiger partial charge in [-0.15, -0.1) is 22.7 Å². The van der Waals surface area contributed by atoms with Gasteiger partial charge in [-0.05, 0) is 37.6 Å². The smallest absolute Gasteiger partial charge is 0.264 e. The molecule has 2 saturated heterocycles. The Morgan fingerprint density at radius 3 is 2.64 bits per heavy atom. The van der Waals surface area contributed by atoms with Gasteiger partial charge < -0.3 is 9.80 Å². The summed E-state index contributed by atoms with van der Waals surface area (Å²) in [6.45, 7) is 6.70. The second-order valence-corrected chi connectivity index (χ2v) is 9.46. The number of aromatic nitrogens is 1. The number of piperidine rings is 1. The minimum absolute atomic E-state index is 0.00517. The first-order valence-electron chi connectivity index (χ1n) is 9.88. The van der Waals surface area contributed by atoms with Crippen LogP contribution in [0.5, 0.6) is 0 Å². The number of hydrogen-bond acceptors (Lipinski definition) is 6. The van der Waals surface area contributed by atoms with E-state index in [4.69, 9.17) is 0 Å². The normalized spacial score (nSPS) is 21.1. The molecule has 4 rings (SSSR count). The highest BCUT2D eigenvalue weighted by molar-refractivity contribution is 7.12. The van der Waals surface area contributed by atoms with Crippen LogP contribution in [-0.2, 0) is 11.3 Å². The van der Waals surface area contributed by atoms with Crippen molar-refractivity contribution in [3.05, 3.63) is 38.5 Å². The fourth-order valence-electron chi connectivity index (χ4n) is 4.02. The van der Waals surface area contributed by atoms with Crippen molar-refractivity contribution in [2.24, 2.45) is 0 Å². The third-order valence-electron chi connectivity index (χ3n) is 5.52. The molecule has 1 atom stereocenters. The first-order valence-corrected chi connectivity index (χ1v) is 11.6. The summed E-state index contributed by atoms with van der Waals surface area (Å²) < 4.78 is 0. The Hall–Kier alpha value is -1.77. The Morgan fingerprint density at radius 2 is 1.96 bits per heavy atom. The van der Waals surface area contributed by atoms with Crippen LogP contribution in [0.1, 0.15) is 39.6 Å². The molecule has 0 aliphatic carbocycles. The molecule has 2 aliphatic heterocycles. The number of rotatable bonds is 4. The molecular weight excluding hydrogens is 392 g/mol. The van der Waals surface area contributed by atoms with Crippen LogP contribution >= 0.6 is 22.7 Å². The Bertz CT molecular complexity index is 812. The van der Waals surface area contributed by atoms with Crippen molar-refractivity contribution in [2.75, 3.05) is 32.7 Å². The lowest BCUT2D eigenvalue weighted by atomic mass is 10.00. The van der Waals surface area contributed by atoms with E-state index in [0.717, 1.165) is 67.6 Å². The molecule has 2 aliphatic rings. The van der Waals surface area contributed by atoms with Crippen molar-refractivity contribution in [3.63, 3.8) is 0 Å². The fraction of sp³-hybridized carbons (Fsp3) is 0.550. The summed E-state index contributed by atoms with van der Waals surface area (Å²) in [6, 6.07) is 3.43. The third-order valence-corrected chi connectivity index (χ3v) is 7.20. The SMILES string of the molecule is Cc1nc(CN2CCN(C(=O)C3CCCCN3C(=O)c3cccs3)CC2)cs1. The van der Waals surface area contributed by atoms with E-state index in [-0.39, 0.29) is 17.9 Å². The molecule has 6 nitrogen and oxygen atoms in total. The summed E-state index contributed by atoms with van der Waals surface area (Å²) in [6.07, 6.45) is 2.75. The molecule has 0 aromatic carbocycles. The highest BCUT2D eigenvalue weighted by Crippen LogP contribution is 2.24. The first kappa shape index (κ1) is 19.5. The van der Waals surface area contributed by atoms with Gasteiger partial charge in [-0.3, -0.25) is 14.5 Å². The highest BCUT2D eigenvalue weighted by atomic mass is 32.1. The second kappa shape index (κ2) is 8.71. The average Bonchev–Trinajstić information content (AvgIpc) is 3.39. The van der Waals surface area contributed by atoms with Crippen molar-refractivity contribution in [1.82, 2.24) is 19.7 Å². The molecule has 2 aromatic rings. The van der Waals surface area contributed by atoms with E-state index in [2.05, 4.69) is 15.3 Å². The Balaban J connectivity index is 1.36. The Kier molecular flexibility index (Phi) is 6.08. The Labute approximate surface area is 173 Å². The maximum atomic E-state index is 13.2. The summed E-state index contributed by atoms with van der Waals surface area (Å²) in [5.74, 6) is 0.124. The number of piperazine rings is 1. The van der Waals surface area contributed by atoms with Gasteiger partial charge in [-0.2, -0.15) is 0 Å². The van der Waals surface area contributed by atoms with Gasteiger partial charge in [0.15, 0.2) is 0 Å². The number of carbonyl (C=O) groups is 2. The van der Waals surface area contributed by atoms with Crippen molar-refractivity contribution in [3.8, 4) is 0 Å². The van der Waals surface area contributed by atoms with Crippen LogP contribution in [-0.4, -0.2) is 70.3 Å². The monoisotopic (exact) mass is 418 g/mol. The van der Waals surface area contributed by atoms with E-state index in [1.807, 2.05) is 34.2 Å². The number of amides is 2. The molecule has 4 heterocycles. The number of aryl methyl sites for hydroxylation is 1. The highest BCUT2D eigenvalue weighted by Gasteiger charge is 2.36. The number of carbonyl (C=O) groups excluding carboxylic acids is 2. The molecule has 28 heavy (non-hydrogen) atoms. The summed E-state index contributed by atoms with van der Waals surface area (Å²) in [4.78, 5) is 37.5. The first-order chi connectivity index (χ1) is 13.6. The summed E-state index contributed by atoms with van der Waals surface area (Å²) in [5.41, 5.74) is 1.11. The van der Waals surface area contributed by atoms with Gasteiger partial charge in [0, 0.05) is 44.6 Å². The quantitative estimate of drug-likeness (QED) is 0.766. The van der Waals surface area contributed by atoms with E-state index in [0.29, 0.717) is 6.54 Å². The molecule has 0 spiro atoms. The van der Waals surface area contributed by atoms with Gasteiger partial charge in [-0.1, -0.05) is 6.07 Å². The number of thiazole rings is 1. The van der Waals surface area contributed by atoms with Crippen LogP contribution in [0.4, 0.5) is 0 Å². The number of nitrogens with zero attached hydrogens (tertiary/aromatic N) is 4. The van der Waals surface area contributed by atoms with Gasteiger partial charge in [0.2, 0.25) is 5.91 Å². The van der Waals surface area contributed by atoms with Gasteiger partial charge in [0.25, 0.3) is 5.91 Å². The average molecular weight is 419 g/mol. The number of thiophene rings is 1. The Morgan fingerprint density at radius 1 is 1.14 bits per heavy atom. The van der Waals surface area contributed by atoms with Crippen LogP contribution in [0.3, 0.4) is 0 Å². The minimum atomic E-state index is -0.309. The van der Waals surface area contributed by atoms with Crippen molar-refractivity contribution < 1.29 is 9.59 Å². The third kappa shape index (κ3) is 4.29.